The van der Waals surface area contributed by atoms with Crippen molar-refractivity contribution in [2.24, 2.45) is 0 Å². The molecular weight excluding hydrogens is 226 g/mol. The number of rotatable bonds is 6. The minimum Gasteiger partial charge on any atom is -0.339 e. The fraction of sp³-hybridized carbons (Fsp3) is 0.857. The zero-order chi connectivity index (χ0) is 13.8. The average Bonchev–Trinajstić information content (AvgIpc) is 2.76. The van der Waals surface area contributed by atoms with Gasteiger partial charge in [-0.15, -0.1) is 0 Å². The van der Waals surface area contributed by atoms with Gasteiger partial charge >= 0.3 is 0 Å². The molecule has 0 aliphatic heterocycles. The van der Waals surface area contributed by atoms with Gasteiger partial charge in [0.1, 0.15) is 0 Å². The normalized spacial score (nSPS) is 15.7. The Hall–Kier alpha value is -0.900. The Morgan fingerprint density at radius 3 is 2.39 bits per heavy atom. The molecule has 18 heavy (non-hydrogen) atoms. The first-order valence-electron chi connectivity index (χ1n) is 6.97. The maximum Gasteiger partial charge on any atom is 0.231 e. The lowest BCUT2D eigenvalue weighted by molar-refractivity contribution is 0.311. The summed E-state index contributed by atoms with van der Waals surface area (Å²) in [5.41, 5.74) is -0.0554. The van der Waals surface area contributed by atoms with Crippen molar-refractivity contribution in [3.63, 3.8) is 0 Å². The van der Waals surface area contributed by atoms with Gasteiger partial charge in [-0.05, 0) is 26.3 Å². The smallest absolute Gasteiger partial charge is 0.231 e. The van der Waals surface area contributed by atoms with Crippen molar-refractivity contribution in [2.45, 2.75) is 71.8 Å². The van der Waals surface area contributed by atoms with Crippen LogP contribution in [0.2, 0.25) is 0 Å². The third kappa shape index (κ3) is 3.80. The van der Waals surface area contributed by atoms with Crippen LogP contribution in [-0.2, 0) is 5.41 Å². The van der Waals surface area contributed by atoms with E-state index in [4.69, 9.17) is 4.52 Å². The lowest BCUT2D eigenvalue weighted by atomic mass is 9.95. The number of hydrogen-bond donors (Lipinski definition) is 1. The van der Waals surface area contributed by atoms with Crippen LogP contribution in [0.1, 0.15) is 72.0 Å². The van der Waals surface area contributed by atoms with Crippen LogP contribution < -0.4 is 5.32 Å². The Labute approximate surface area is 111 Å². The molecule has 2 atom stereocenters. The molecule has 0 bridgehead atoms. The molecule has 0 aromatic carbocycles. The summed E-state index contributed by atoms with van der Waals surface area (Å²) in [6.45, 7) is 13.8. The van der Waals surface area contributed by atoms with Gasteiger partial charge in [-0.25, -0.2) is 0 Å². The predicted molar refractivity (Wildman–Crippen MR) is 73.8 cm³/mol. The molecule has 0 saturated heterocycles. The zero-order valence-electron chi connectivity index (χ0n) is 12.6. The summed E-state index contributed by atoms with van der Waals surface area (Å²) >= 11 is 0. The van der Waals surface area contributed by atoms with Crippen LogP contribution in [0.4, 0.5) is 0 Å². The maximum atomic E-state index is 5.44. The van der Waals surface area contributed by atoms with Gasteiger partial charge in [-0.2, -0.15) is 4.98 Å². The van der Waals surface area contributed by atoms with E-state index < -0.39 is 0 Å². The Kier molecular flexibility index (Phi) is 5.32. The number of hydrogen-bond acceptors (Lipinski definition) is 4. The Bertz CT molecular complexity index is 354. The largest absolute Gasteiger partial charge is 0.339 e. The summed E-state index contributed by atoms with van der Waals surface area (Å²) in [5, 5.41) is 7.61. The van der Waals surface area contributed by atoms with Gasteiger partial charge in [-0.3, -0.25) is 0 Å². The molecule has 0 aliphatic carbocycles. The highest BCUT2D eigenvalue weighted by Crippen LogP contribution is 2.25. The highest BCUT2D eigenvalue weighted by atomic mass is 16.5. The maximum absolute atomic E-state index is 5.44. The molecule has 0 amide bonds. The standard InChI is InChI=1S/C14H27N3O/c1-7-9-15-10(3)11(8-2)12-16-13(17-18-12)14(4,5)6/h10-11,15H,7-9H2,1-6H3. The molecule has 1 N–H and O–H groups in total. The molecule has 1 rings (SSSR count). The highest BCUT2D eigenvalue weighted by Gasteiger charge is 2.26. The Morgan fingerprint density at radius 1 is 1.28 bits per heavy atom. The van der Waals surface area contributed by atoms with Crippen molar-refractivity contribution < 1.29 is 4.52 Å². The van der Waals surface area contributed by atoms with Gasteiger partial charge in [0.15, 0.2) is 5.82 Å². The quantitative estimate of drug-likeness (QED) is 0.845. The van der Waals surface area contributed by atoms with Gasteiger partial charge < -0.3 is 9.84 Å². The first-order chi connectivity index (χ1) is 8.40. The number of nitrogens with zero attached hydrogens (tertiary/aromatic N) is 2. The molecule has 0 radical (unpaired) electrons. The van der Waals surface area contributed by atoms with Crippen LogP contribution in [-0.4, -0.2) is 22.7 Å². The molecule has 104 valence electrons. The van der Waals surface area contributed by atoms with Gasteiger partial charge in [0.25, 0.3) is 0 Å². The first-order valence-corrected chi connectivity index (χ1v) is 6.97. The second-order valence-corrected chi connectivity index (χ2v) is 5.96. The summed E-state index contributed by atoms with van der Waals surface area (Å²) in [5.74, 6) is 1.84. The fourth-order valence-electron chi connectivity index (χ4n) is 1.95. The summed E-state index contributed by atoms with van der Waals surface area (Å²) in [6.07, 6.45) is 2.14. The summed E-state index contributed by atoms with van der Waals surface area (Å²) in [7, 11) is 0. The minimum absolute atomic E-state index is 0.0554. The second-order valence-electron chi connectivity index (χ2n) is 5.96. The van der Waals surface area contributed by atoms with Gasteiger partial charge in [0, 0.05) is 11.5 Å². The molecule has 1 heterocycles. The minimum atomic E-state index is -0.0554. The van der Waals surface area contributed by atoms with Gasteiger partial charge in [0.05, 0.1) is 5.92 Å². The SMILES string of the molecule is CCCNC(C)C(CC)c1nc(C(C)(C)C)no1. The van der Waals surface area contributed by atoms with E-state index in [1.165, 1.54) is 0 Å². The monoisotopic (exact) mass is 253 g/mol. The van der Waals surface area contributed by atoms with Crippen molar-refractivity contribution in [1.29, 1.82) is 0 Å². The summed E-state index contributed by atoms with van der Waals surface area (Å²) < 4.78 is 5.44. The third-order valence-electron chi connectivity index (χ3n) is 3.19. The predicted octanol–water partition coefficient (Wildman–Crippen LogP) is 3.25. The van der Waals surface area contributed by atoms with Gasteiger partial charge in [-0.1, -0.05) is 39.8 Å². The zero-order valence-corrected chi connectivity index (χ0v) is 12.6. The molecule has 0 spiro atoms. The lowest BCUT2D eigenvalue weighted by Crippen LogP contribution is -2.32. The Balaban J connectivity index is 2.79. The van der Waals surface area contributed by atoms with E-state index in [9.17, 15) is 0 Å². The van der Waals surface area contributed by atoms with E-state index in [0.29, 0.717) is 12.0 Å². The van der Waals surface area contributed by atoms with Crippen molar-refractivity contribution >= 4 is 0 Å². The molecule has 1 aromatic heterocycles. The number of aromatic nitrogens is 2. The molecule has 0 saturated carbocycles. The van der Waals surface area contributed by atoms with Crippen LogP contribution in [0.15, 0.2) is 4.52 Å². The van der Waals surface area contributed by atoms with E-state index in [-0.39, 0.29) is 5.41 Å². The number of nitrogens with one attached hydrogen (secondary N) is 1. The topological polar surface area (TPSA) is 51.0 Å². The van der Waals surface area contributed by atoms with E-state index in [2.05, 4.69) is 57.0 Å². The molecule has 0 fully saturated rings. The summed E-state index contributed by atoms with van der Waals surface area (Å²) in [6, 6.07) is 0.364. The highest BCUT2D eigenvalue weighted by molar-refractivity contribution is 5.04. The lowest BCUT2D eigenvalue weighted by Gasteiger charge is -2.20. The van der Waals surface area contributed by atoms with Crippen molar-refractivity contribution in [2.75, 3.05) is 6.54 Å². The second kappa shape index (κ2) is 6.32. The molecular formula is C14H27N3O. The van der Waals surface area contributed by atoms with Crippen molar-refractivity contribution in [3.05, 3.63) is 11.7 Å². The van der Waals surface area contributed by atoms with Crippen molar-refractivity contribution in [3.8, 4) is 0 Å². The molecule has 4 heteroatoms. The van der Waals surface area contributed by atoms with E-state index in [1.807, 2.05) is 0 Å². The van der Waals surface area contributed by atoms with Crippen LogP contribution >= 0.6 is 0 Å². The van der Waals surface area contributed by atoms with E-state index in [0.717, 1.165) is 31.1 Å². The molecule has 1 aromatic rings. The first kappa shape index (κ1) is 15.2. The third-order valence-corrected chi connectivity index (χ3v) is 3.19. The summed E-state index contributed by atoms with van der Waals surface area (Å²) in [4.78, 5) is 4.56. The van der Waals surface area contributed by atoms with E-state index >= 15 is 0 Å². The van der Waals surface area contributed by atoms with Crippen LogP contribution in [0, 0.1) is 0 Å². The van der Waals surface area contributed by atoms with Crippen molar-refractivity contribution in [1.82, 2.24) is 15.5 Å². The average molecular weight is 253 g/mol. The molecule has 4 nitrogen and oxygen atoms in total. The molecule has 0 aliphatic rings. The fourth-order valence-corrected chi connectivity index (χ4v) is 1.95. The molecule has 2 unspecified atom stereocenters. The van der Waals surface area contributed by atoms with Crippen LogP contribution in [0.3, 0.4) is 0 Å². The Morgan fingerprint density at radius 2 is 1.94 bits per heavy atom. The van der Waals surface area contributed by atoms with E-state index in [1.54, 1.807) is 0 Å². The van der Waals surface area contributed by atoms with Gasteiger partial charge in [0.2, 0.25) is 5.89 Å². The van der Waals surface area contributed by atoms with Crippen LogP contribution in [0.5, 0.6) is 0 Å². The van der Waals surface area contributed by atoms with Crippen LogP contribution in [0.25, 0.3) is 0 Å².